The van der Waals surface area contributed by atoms with Crippen molar-refractivity contribution in [3.05, 3.63) is 53.7 Å². The first kappa shape index (κ1) is 14.5. The van der Waals surface area contributed by atoms with Crippen LogP contribution in [0.3, 0.4) is 0 Å². The number of aromatic nitrogens is 1. The zero-order valence-electron chi connectivity index (χ0n) is 11.1. The van der Waals surface area contributed by atoms with Gasteiger partial charge in [0.15, 0.2) is 0 Å². The van der Waals surface area contributed by atoms with E-state index < -0.39 is 0 Å². The molecule has 2 aromatic rings. The second-order valence-corrected chi connectivity index (χ2v) is 5.03. The fourth-order valence-electron chi connectivity index (χ4n) is 1.65. The molecule has 0 aliphatic heterocycles. The van der Waals surface area contributed by atoms with E-state index in [0.717, 1.165) is 16.6 Å². The summed E-state index contributed by atoms with van der Waals surface area (Å²) < 4.78 is 5.43. The molecule has 1 N–H and O–H groups in total. The summed E-state index contributed by atoms with van der Waals surface area (Å²) in [7, 11) is 0. The number of amides is 1. The minimum Gasteiger partial charge on any atom is -0.493 e. The van der Waals surface area contributed by atoms with Gasteiger partial charge in [-0.3, -0.25) is 4.79 Å². The van der Waals surface area contributed by atoms with Crippen molar-refractivity contribution in [2.75, 3.05) is 17.3 Å². The third kappa shape index (κ3) is 4.06. The first-order chi connectivity index (χ1) is 9.69. The first-order valence-electron chi connectivity index (χ1n) is 6.22. The van der Waals surface area contributed by atoms with E-state index in [4.69, 9.17) is 4.74 Å². The lowest BCUT2D eigenvalue weighted by Crippen LogP contribution is -2.12. The standard InChI is InChI=1S/C15H15BrN2O2/c1-11-6-8-17-14(10-11)18-15(19)12-2-4-13(5-3-12)20-9-7-16/h2-6,8,10H,7,9H2,1H3,(H,17,18,19). The molecule has 0 unspecified atom stereocenters. The van der Waals surface area contributed by atoms with Gasteiger partial charge in [0.05, 0.1) is 6.61 Å². The summed E-state index contributed by atoms with van der Waals surface area (Å²) in [4.78, 5) is 16.2. The predicted octanol–water partition coefficient (Wildman–Crippen LogP) is 3.42. The third-order valence-electron chi connectivity index (χ3n) is 2.62. The molecule has 1 heterocycles. The molecule has 2 rings (SSSR count). The molecule has 0 fully saturated rings. The Morgan fingerprint density at radius 2 is 2.05 bits per heavy atom. The van der Waals surface area contributed by atoms with Crippen LogP contribution in [0.5, 0.6) is 5.75 Å². The van der Waals surface area contributed by atoms with Gasteiger partial charge in [-0.25, -0.2) is 4.98 Å². The highest BCUT2D eigenvalue weighted by atomic mass is 79.9. The van der Waals surface area contributed by atoms with Gasteiger partial charge in [-0.1, -0.05) is 15.9 Å². The van der Waals surface area contributed by atoms with Crippen LogP contribution in [0, 0.1) is 6.92 Å². The van der Waals surface area contributed by atoms with Crippen molar-refractivity contribution in [2.45, 2.75) is 6.92 Å². The number of hydrogen-bond acceptors (Lipinski definition) is 3. The lowest BCUT2D eigenvalue weighted by atomic mass is 10.2. The maximum absolute atomic E-state index is 12.1. The average Bonchev–Trinajstić information content (AvgIpc) is 2.45. The van der Waals surface area contributed by atoms with E-state index in [1.54, 1.807) is 30.5 Å². The van der Waals surface area contributed by atoms with Gasteiger partial charge in [0.2, 0.25) is 0 Å². The van der Waals surface area contributed by atoms with E-state index in [1.165, 1.54) is 0 Å². The monoisotopic (exact) mass is 334 g/mol. The summed E-state index contributed by atoms with van der Waals surface area (Å²) in [5.41, 5.74) is 1.62. The Hall–Kier alpha value is -1.88. The van der Waals surface area contributed by atoms with E-state index >= 15 is 0 Å². The molecule has 104 valence electrons. The molecule has 0 atom stereocenters. The maximum atomic E-state index is 12.1. The summed E-state index contributed by atoms with van der Waals surface area (Å²) in [5.74, 6) is 1.11. The van der Waals surface area contributed by atoms with Gasteiger partial charge in [0.25, 0.3) is 5.91 Å². The van der Waals surface area contributed by atoms with E-state index in [9.17, 15) is 4.79 Å². The summed E-state index contributed by atoms with van der Waals surface area (Å²) in [6.07, 6.45) is 1.67. The SMILES string of the molecule is Cc1ccnc(NC(=O)c2ccc(OCCBr)cc2)c1. The number of alkyl halides is 1. The van der Waals surface area contributed by atoms with E-state index in [-0.39, 0.29) is 5.91 Å². The lowest BCUT2D eigenvalue weighted by molar-refractivity contribution is 0.102. The minimum absolute atomic E-state index is 0.185. The highest BCUT2D eigenvalue weighted by Crippen LogP contribution is 2.14. The van der Waals surface area contributed by atoms with E-state index in [0.29, 0.717) is 18.0 Å². The Balaban J connectivity index is 2.02. The van der Waals surface area contributed by atoms with Gasteiger partial charge in [-0.2, -0.15) is 0 Å². The summed E-state index contributed by atoms with van der Waals surface area (Å²) in [6.45, 7) is 2.55. The number of nitrogens with one attached hydrogen (secondary N) is 1. The van der Waals surface area contributed by atoms with Gasteiger partial charge in [-0.05, 0) is 48.9 Å². The summed E-state index contributed by atoms with van der Waals surface area (Å²) in [6, 6.07) is 10.7. The van der Waals surface area contributed by atoms with Crippen molar-refractivity contribution in [3.8, 4) is 5.75 Å². The van der Waals surface area contributed by atoms with Crippen LogP contribution in [0.25, 0.3) is 0 Å². The number of halogens is 1. The van der Waals surface area contributed by atoms with Crippen molar-refractivity contribution in [1.29, 1.82) is 0 Å². The molecule has 4 nitrogen and oxygen atoms in total. The predicted molar refractivity (Wildman–Crippen MR) is 82.7 cm³/mol. The molecular weight excluding hydrogens is 320 g/mol. The van der Waals surface area contributed by atoms with Crippen molar-refractivity contribution >= 4 is 27.7 Å². The molecular formula is C15H15BrN2O2. The molecule has 1 aromatic carbocycles. The van der Waals surface area contributed by atoms with Crippen LogP contribution in [0.15, 0.2) is 42.6 Å². The fraction of sp³-hybridized carbons (Fsp3) is 0.200. The Bertz CT molecular complexity index is 585. The largest absolute Gasteiger partial charge is 0.493 e. The number of ether oxygens (including phenoxy) is 1. The van der Waals surface area contributed by atoms with Crippen LogP contribution in [-0.2, 0) is 0 Å². The molecule has 20 heavy (non-hydrogen) atoms. The topological polar surface area (TPSA) is 51.2 Å². The molecule has 0 radical (unpaired) electrons. The zero-order valence-corrected chi connectivity index (χ0v) is 12.7. The van der Waals surface area contributed by atoms with Crippen molar-refractivity contribution in [1.82, 2.24) is 4.98 Å². The van der Waals surface area contributed by atoms with Crippen LogP contribution in [-0.4, -0.2) is 22.8 Å². The van der Waals surface area contributed by atoms with Gasteiger partial charge in [0, 0.05) is 17.1 Å². The first-order valence-corrected chi connectivity index (χ1v) is 7.34. The fourth-order valence-corrected chi connectivity index (χ4v) is 1.81. The quantitative estimate of drug-likeness (QED) is 0.852. The zero-order chi connectivity index (χ0) is 14.4. The third-order valence-corrected chi connectivity index (χ3v) is 2.94. The van der Waals surface area contributed by atoms with Crippen molar-refractivity contribution < 1.29 is 9.53 Å². The molecule has 0 spiro atoms. The average molecular weight is 335 g/mol. The second-order valence-electron chi connectivity index (χ2n) is 4.23. The van der Waals surface area contributed by atoms with Gasteiger partial charge in [0.1, 0.15) is 11.6 Å². The smallest absolute Gasteiger partial charge is 0.256 e. The van der Waals surface area contributed by atoms with Crippen LogP contribution < -0.4 is 10.1 Å². The number of nitrogens with zero attached hydrogens (tertiary/aromatic N) is 1. The van der Waals surface area contributed by atoms with Crippen LogP contribution >= 0.6 is 15.9 Å². The molecule has 5 heteroatoms. The minimum atomic E-state index is -0.185. The number of benzene rings is 1. The van der Waals surface area contributed by atoms with Gasteiger partial charge < -0.3 is 10.1 Å². The molecule has 0 aliphatic carbocycles. The lowest BCUT2D eigenvalue weighted by Gasteiger charge is -2.07. The normalized spacial score (nSPS) is 10.1. The maximum Gasteiger partial charge on any atom is 0.256 e. The van der Waals surface area contributed by atoms with Gasteiger partial charge >= 0.3 is 0 Å². The van der Waals surface area contributed by atoms with E-state index in [2.05, 4.69) is 26.2 Å². The summed E-state index contributed by atoms with van der Waals surface area (Å²) in [5, 5.41) is 3.54. The number of carbonyl (C=O) groups excluding carboxylic acids is 1. The molecule has 0 aliphatic rings. The van der Waals surface area contributed by atoms with Crippen LogP contribution in [0.1, 0.15) is 15.9 Å². The Kier molecular flexibility index (Phi) is 5.12. The summed E-state index contributed by atoms with van der Waals surface area (Å²) >= 11 is 3.29. The highest BCUT2D eigenvalue weighted by Gasteiger charge is 2.07. The number of rotatable bonds is 5. The second kappa shape index (κ2) is 7.05. The van der Waals surface area contributed by atoms with E-state index in [1.807, 2.05) is 19.1 Å². The van der Waals surface area contributed by atoms with Crippen molar-refractivity contribution in [2.24, 2.45) is 0 Å². The number of carbonyl (C=O) groups is 1. The molecule has 1 amide bonds. The molecule has 0 saturated heterocycles. The Morgan fingerprint density at radius 3 is 2.70 bits per heavy atom. The van der Waals surface area contributed by atoms with Crippen LogP contribution in [0.4, 0.5) is 5.82 Å². The number of pyridine rings is 1. The molecule has 0 bridgehead atoms. The van der Waals surface area contributed by atoms with Crippen LogP contribution in [0.2, 0.25) is 0 Å². The Labute approximate surface area is 126 Å². The van der Waals surface area contributed by atoms with Crippen molar-refractivity contribution in [3.63, 3.8) is 0 Å². The number of hydrogen-bond donors (Lipinski definition) is 1. The van der Waals surface area contributed by atoms with Gasteiger partial charge in [-0.15, -0.1) is 0 Å². The Morgan fingerprint density at radius 1 is 1.30 bits per heavy atom. The number of anilines is 1. The molecule has 0 saturated carbocycles. The molecule has 1 aromatic heterocycles. The number of aryl methyl sites for hydroxylation is 1. The highest BCUT2D eigenvalue weighted by molar-refractivity contribution is 9.09.